The highest BCUT2D eigenvalue weighted by molar-refractivity contribution is 7.88. The minimum Gasteiger partial charge on any atom is -0.474 e. The Labute approximate surface area is 164 Å². The van der Waals surface area contributed by atoms with Gasteiger partial charge < -0.3 is 9.26 Å². The third-order valence-electron chi connectivity index (χ3n) is 4.97. The monoisotopic (exact) mass is 401 g/mol. The number of nitrogens with one attached hydrogen (secondary N) is 1. The molecule has 1 N–H and O–H groups in total. The maximum atomic E-state index is 12.6. The van der Waals surface area contributed by atoms with E-state index in [1.165, 1.54) is 0 Å². The predicted octanol–water partition coefficient (Wildman–Crippen LogP) is 3.34. The number of hydrogen-bond acceptors (Lipinski definition) is 6. The number of aromatic nitrogens is 2. The highest BCUT2D eigenvalue weighted by Crippen LogP contribution is 2.24. The Morgan fingerprint density at radius 3 is 2.68 bits per heavy atom. The van der Waals surface area contributed by atoms with Crippen LogP contribution in [0.3, 0.4) is 0 Å². The van der Waals surface area contributed by atoms with Gasteiger partial charge in [-0.15, -0.1) is 0 Å². The summed E-state index contributed by atoms with van der Waals surface area (Å²) in [5, 5.41) is 4.65. The van der Waals surface area contributed by atoms with E-state index in [0.29, 0.717) is 17.2 Å². The van der Waals surface area contributed by atoms with Gasteiger partial charge in [-0.25, -0.2) is 18.1 Å². The summed E-state index contributed by atoms with van der Waals surface area (Å²) in [6.07, 6.45) is 4.88. The average Bonchev–Trinajstić information content (AvgIpc) is 3.07. The van der Waals surface area contributed by atoms with Crippen molar-refractivity contribution in [1.29, 1.82) is 0 Å². The molecular weight excluding hydrogens is 378 g/mol. The molecule has 148 valence electrons. The Kier molecular flexibility index (Phi) is 5.32. The molecular formula is C20H23N3O4S. The molecule has 0 radical (unpaired) electrons. The molecule has 3 aromatic rings. The normalized spacial score (nSPS) is 20.3. The van der Waals surface area contributed by atoms with Crippen LogP contribution in [0.1, 0.15) is 36.9 Å². The van der Waals surface area contributed by atoms with E-state index in [9.17, 15) is 8.42 Å². The second-order valence-corrected chi connectivity index (χ2v) is 9.02. The number of para-hydroxylation sites is 1. The molecule has 0 amide bonds. The van der Waals surface area contributed by atoms with Gasteiger partial charge in [-0.1, -0.05) is 23.4 Å². The molecule has 1 aromatic carbocycles. The Balaban J connectivity index is 1.31. The number of fused-ring (bicyclic) bond motifs is 1. The molecule has 0 spiro atoms. The van der Waals surface area contributed by atoms with E-state index in [1.807, 2.05) is 37.3 Å². The fourth-order valence-corrected chi connectivity index (χ4v) is 4.91. The molecule has 0 atom stereocenters. The maximum absolute atomic E-state index is 12.6. The number of hydrogen-bond donors (Lipinski definition) is 1. The predicted molar refractivity (Wildman–Crippen MR) is 105 cm³/mol. The van der Waals surface area contributed by atoms with Crippen LogP contribution in [0.2, 0.25) is 0 Å². The minimum absolute atomic E-state index is 0.0652. The van der Waals surface area contributed by atoms with E-state index < -0.39 is 10.0 Å². The molecule has 1 aliphatic rings. The summed E-state index contributed by atoms with van der Waals surface area (Å²) in [5.41, 5.74) is 2.12. The van der Waals surface area contributed by atoms with Crippen molar-refractivity contribution in [2.75, 3.05) is 0 Å². The van der Waals surface area contributed by atoms with Gasteiger partial charge in [-0.2, -0.15) is 0 Å². The van der Waals surface area contributed by atoms with Crippen molar-refractivity contribution in [3.63, 3.8) is 0 Å². The van der Waals surface area contributed by atoms with Crippen LogP contribution in [0.4, 0.5) is 0 Å². The summed E-state index contributed by atoms with van der Waals surface area (Å²) in [5.74, 6) is 0.431. The third kappa shape index (κ3) is 4.51. The van der Waals surface area contributed by atoms with Crippen molar-refractivity contribution in [1.82, 2.24) is 14.9 Å². The van der Waals surface area contributed by atoms with E-state index in [4.69, 9.17) is 9.26 Å². The van der Waals surface area contributed by atoms with E-state index in [-0.39, 0.29) is 17.9 Å². The van der Waals surface area contributed by atoms with Crippen LogP contribution >= 0.6 is 0 Å². The second-order valence-electron chi connectivity index (χ2n) is 7.27. The fourth-order valence-electron chi connectivity index (χ4n) is 3.51. The molecule has 0 unspecified atom stereocenters. The van der Waals surface area contributed by atoms with Crippen molar-refractivity contribution in [2.24, 2.45) is 0 Å². The first kappa shape index (κ1) is 18.9. The maximum Gasteiger partial charge on any atom is 0.217 e. The Morgan fingerprint density at radius 2 is 1.93 bits per heavy atom. The van der Waals surface area contributed by atoms with Crippen molar-refractivity contribution in [2.45, 2.75) is 50.5 Å². The SMILES string of the molecule is Cc1ccc(OC2CCC(NS(=O)(=O)Cc3noc4ccccc34)CC2)nc1. The van der Waals surface area contributed by atoms with Gasteiger partial charge in [0.05, 0.1) is 0 Å². The Hall–Kier alpha value is -2.45. The van der Waals surface area contributed by atoms with Gasteiger partial charge in [0, 0.05) is 23.7 Å². The molecule has 2 aromatic heterocycles. The first-order valence-corrected chi connectivity index (χ1v) is 11.1. The number of pyridine rings is 1. The standard InChI is InChI=1S/C20H23N3O4S/c1-14-6-11-20(21-12-14)26-16-9-7-15(8-10-16)23-28(24,25)13-18-17-4-2-3-5-19(17)27-22-18/h2-6,11-12,15-16,23H,7-10,13H2,1H3. The summed E-state index contributed by atoms with van der Waals surface area (Å²) in [4.78, 5) is 4.27. The zero-order valence-corrected chi connectivity index (χ0v) is 16.5. The summed E-state index contributed by atoms with van der Waals surface area (Å²) in [7, 11) is -3.50. The molecule has 0 aliphatic heterocycles. The summed E-state index contributed by atoms with van der Waals surface area (Å²) >= 11 is 0. The highest BCUT2D eigenvalue weighted by Gasteiger charge is 2.27. The molecule has 1 fully saturated rings. The van der Waals surface area contributed by atoms with Gasteiger partial charge in [0.15, 0.2) is 5.58 Å². The van der Waals surface area contributed by atoms with Gasteiger partial charge >= 0.3 is 0 Å². The van der Waals surface area contributed by atoms with Gasteiger partial charge in [0.25, 0.3) is 0 Å². The number of ether oxygens (including phenoxy) is 1. The van der Waals surface area contributed by atoms with Crippen LogP contribution in [-0.2, 0) is 15.8 Å². The van der Waals surface area contributed by atoms with E-state index in [0.717, 1.165) is 36.6 Å². The lowest BCUT2D eigenvalue weighted by Crippen LogP contribution is -2.40. The molecule has 1 aliphatic carbocycles. The van der Waals surface area contributed by atoms with E-state index >= 15 is 0 Å². The number of nitrogens with zero attached hydrogens (tertiary/aromatic N) is 2. The largest absolute Gasteiger partial charge is 0.474 e. The molecule has 2 heterocycles. The molecule has 4 rings (SSSR count). The summed E-state index contributed by atoms with van der Waals surface area (Å²) in [6.45, 7) is 1.98. The molecule has 8 heteroatoms. The number of benzene rings is 1. The zero-order valence-electron chi connectivity index (χ0n) is 15.7. The van der Waals surface area contributed by atoms with E-state index in [1.54, 1.807) is 12.3 Å². The second kappa shape index (κ2) is 7.89. The first-order chi connectivity index (χ1) is 13.5. The Morgan fingerprint density at radius 1 is 1.14 bits per heavy atom. The van der Waals surface area contributed by atoms with Gasteiger partial charge in [-0.05, 0) is 50.3 Å². The van der Waals surface area contributed by atoms with Crippen molar-refractivity contribution >= 4 is 21.0 Å². The summed E-state index contributed by atoms with van der Waals surface area (Å²) < 4.78 is 39.1. The lowest BCUT2D eigenvalue weighted by Gasteiger charge is -2.29. The third-order valence-corrected chi connectivity index (χ3v) is 6.32. The number of sulfonamides is 1. The molecule has 7 nitrogen and oxygen atoms in total. The number of aryl methyl sites for hydroxylation is 1. The van der Waals surface area contributed by atoms with Crippen LogP contribution in [0.15, 0.2) is 47.1 Å². The highest BCUT2D eigenvalue weighted by atomic mass is 32.2. The molecule has 28 heavy (non-hydrogen) atoms. The summed E-state index contributed by atoms with van der Waals surface area (Å²) in [6, 6.07) is 11.0. The van der Waals surface area contributed by atoms with Crippen molar-refractivity contribution < 1.29 is 17.7 Å². The zero-order chi connectivity index (χ0) is 19.6. The lowest BCUT2D eigenvalue weighted by molar-refractivity contribution is 0.138. The van der Waals surface area contributed by atoms with Crippen LogP contribution in [0.5, 0.6) is 5.88 Å². The molecule has 0 saturated heterocycles. The first-order valence-electron chi connectivity index (χ1n) is 9.41. The molecule has 1 saturated carbocycles. The van der Waals surface area contributed by atoms with Crippen molar-refractivity contribution in [3.8, 4) is 5.88 Å². The molecule has 0 bridgehead atoms. The van der Waals surface area contributed by atoms with Gasteiger partial charge in [0.2, 0.25) is 15.9 Å². The van der Waals surface area contributed by atoms with E-state index in [2.05, 4.69) is 14.9 Å². The fraction of sp³-hybridized carbons (Fsp3) is 0.400. The van der Waals surface area contributed by atoms with Crippen LogP contribution in [-0.4, -0.2) is 30.7 Å². The quantitative estimate of drug-likeness (QED) is 0.681. The van der Waals surface area contributed by atoms with Gasteiger partial charge in [0.1, 0.15) is 17.6 Å². The average molecular weight is 401 g/mol. The lowest BCUT2D eigenvalue weighted by atomic mass is 9.94. The number of rotatable bonds is 6. The topological polar surface area (TPSA) is 94.3 Å². The van der Waals surface area contributed by atoms with Crippen LogP contribution in [0.25, 0.3) is 11.0 Å². The van der Waals surface area contributed by atoms with Crippen LogP contribution < -0.4 is 9.46 Å². The minimum atomic E-state index is -3.50. The van der Waals surface area contributed by atoms with Crippen LogP contribution in [0, 0.1) is 6.92 Å². The van der Waals surface area contributed by atoms with Gasteiger partial charge in [-0.3, -0.25) is 0 Å². The van der Waals surface area contributed by atoms with Crippen molar-refractivity contribution in [3.05, 3.63) is 53.9 Å². The smallest absolute Gasteiger partial charge is 0.217 e. The Bertz CT molecular complexity index is 1040.